The molecule has 1 N–H and O–H groups in total. The Labute approximate surface area is 82.3 Å². The number of hydrogen-bond acceptors (Lipinski definition) is 6. The second kappa shape index (κ2) is 4.33. The molecule has 0 aliphatic heterocycles. The second-order valence-corrected chi connectivity index (χ2v) is 3.97. The molecule has 0 fully saturated rings. The molecule has 0 atom stereocenters. The van der Waals surface area contributed by atoms with E-state index in [1.165, 1.54) is 0 Å². The molecule has 0 amide bonds. The van der Waals surface area contributed by atoms with Crippen LogP contribution < -0.4 is 0 Å². The maximum atomic E-state index is 11.2. The molecule has 0 radical (unpaired) electrons. The minimum absolute atomic E-state index is 0.0515. The van der Waals surface area contributed by atoms with Crippen molar-refractivity contribution in [3.05, 3.63) is 10.6 Å². The summed E-state index contributed by atoms with van der Waals surface area (Å²) in [5.74, 6) is -0.565. The van der Waals surface area contributed by atoms with Crippen molar-refractivity contribution in [2.75, 3.05) is 5.75 Å². The summed E-state index contributed by atoms with van der Waals surface area (Å²) in [6, 6.07) is 0. The average molecular weight is 218 g/mol. The lowest BCUT2D eigenvalue weighted by atomic mass is 10.4. The standard InChI is InChI=1S/C6H6N2O3S2/c1-2-12-6(11)3-4(5(9)10)13-8-7-3/h2H2,1H3,(H,9,10). The van der Waals surface area contributed by atoms with Crippen molar-refractivity contribution in [1.82, 2.24) is 9.59 Å². The molecule has 0 aromatic carbocycles. The number of aromatic carboxylic acids is 1. The minimum Gasteiger partial charge on any atom is -0.477 e. The van der Waals surface area contributed by atoms with E-state index in [1.807, 2.05) is 6.92 Å². The first-order chi connectivity index (χ1) is 6.16. The van der Waals surface area contributed by atoms with E-state index in [0.29, 0.717) is 5.75 Å². The Kier molecular flexibility index (Phi) is 3.38. The van der Waals surface area contributed by atoms with E-state index >= 15 is 0 Å². The van der Waals surface area contributed by atoms with E-state index in [1.54, 1.807) is 0 Å². The molecule has 13 heavy (non-hydrogen) atoms. The van der Waals surface area contributed by atoms with Crippen molar-refractivity contribution >= 4 is 34.4 Å². The first-order valence-electron chi connectivity index (χ1n) is 3.39. The van der Waals surface area contributed by atoms with Gasteiger partial charge in [0.2, 0.25) is 5.12 Å². The smallest absolute Gasteiger partial charge is 0.350 e. The quantitative estimate of drug-likeness (QED) is 0.819. The molecular formula is C6H6N2O3S2. The predicted octanol–water partition coefficient (Wildman–Crippen LogP) is 1.13. The lowest BCUT2D eigenvalue weighted by Gasteiger charge is -1.92. The fourth-order valence-electron chi connectivity index (χ4n) is 0.664. The highest BCUT2D eigenvalue weighted by molar-refractivity contribution is 8.14. The summed E-state index contributed by atoms with van der Waals surface area (Å²) in [7, 11) is 0. The number of aromatic nitrogens is 2. The van der Waals surface area contributed by atoms with E-state index in [2.05, 4.69) is 9.59 Å². The first-order valence-corrected chi connectivity index (χ1v) is 5.15. The first kappa shape index (κ1) is 10.1. The highest BCUT2D eigenvalue weighted by atomic mass is 32.2. The Morgan fingerprint density at radius 3 is 2.85 bits per heavy atom. The number of thioether (sulfide) groups is 1. The Hall–Kier alpha value is -0.950. The fourth-order valence-corrected chi connectivity index (χ4v) is 1.77. The Morgan fingerprint density at radius 1 is 1.62 bits per heavy atom. The van der Waals surface area contributed by atoms with Crippen LogP contribution in [0.5, 0.6) is 0 Å². The normalized spacial score (nSPS) is 9.92. The number of carboxylic acids is 1. The van der Waals surface area contributed by atoms with Gasteiger partial charge in [0, 0.05) is 0 Å². The minimum atomic E-state index is -1.16. The SMILES string of the molecule is CCSC(=O)c1nnsc1C(=O)O. The Bertz CT molecular complexity index is 336. The van der Waals surface area contributed by atoms with E-state index in [4.69, 9.17) is 5.11 Å². The molecule has 7 heteroatoms. The summed E-state index contributed by atoms with van der Waals surface area (Å²) in [4.78, 5) is 21.7. The molecule has 70 valence electrons. The van der Waals surface area contributed by atoms with Gasteiger partial charge in [-0.05, 0) is 17.3 Å². The molecule has 0 unspecified atom stereocenters. The molecule has 1 aromatic heterocycles. The van der Waals surface area contributed by atoms with Gasteiger partial charge in [-0.3, -0.25) is 4.79 Å². The van der Waals surface area contributed by atoms with Gasteiger partial charge in [-0.15, -0.1) is 5.10 Å². The van der Waals surface area contributed by atoms with Crippen LogP contribution in [-0.2, 0) is 0 Å². The van der Waals surface area contributed by atoms with Gasteiger partial charge in [-0.1, -0.05) is 23.2 Å². The fraction of sp³-hybridized carbons (Fsp3) is 0.333. The van der Waals surface area contributed by atoms with Gasteiger partial charge in [0.1, 0.15) is 0 Å². The maximum absolute atomic E-state index is 11.2. The number of nitrogens with zero attached hydrogens (tertiary/aromatic N) is 2. The topological polar surface area (TPSA) is 80.2 Å². The molecule has 0 aliphatic carbocycles. The van der Waals surface area contributed by atoms with Crippen LogP contribution in [0.1, 0.15) is 27.1 Å². The van der Waals surface area contributed by atoms with Crippen LogP contribution in [0, 0.1) is 0 Å². The van der Waals surface area contributed by atoms with Crippen LogP contribution in [-0.4, -0.2) is 31.5 Å². The average Bonchev–Trinajstić information content (AvgIpc) is 2.52. The van der Waals surface area contributed by atoms with Crippen LogP contribution in [0.4, 0.5) is 0 Å². The molecular weight excluding hydrogens is 212 g/mol. The van der Waals surface area contributed by atoms with Crippen LogP contribution in [0.3, 0.4) is 0 Å². The lowest BCUT2D eigenvalue weighted by Crippen LogP contribution is -2.03. The van der Waals surface area contributed by atoms with Crippen LogP contribution in [0.2, 0.25) is 0 Å². The molecule has 0 bridgehead atoms. The predicted molar refractivity (Wildman–Crippen MR) is 49.3 cm³/mol. The third-order valence-electron chi connectivity index (χ3n) is 1.15. The van der Waals surface area contributed by atoms with Gasteiger partial charge in [0.15, 0.2) is 10.6 Å². The van der Waals surface area contributed by atoms with Crippen LogP contribution >= 0.6 is 23.3 Å². The summed E-state index contributed by atoms with van der Waals surface area (Å²) in [5, 5.41) is 11.8. The van der Waals surface area contributed by atoms with E-state index in [9.17, 15) is 9.59 Å². The zero-order valence-electron chi connectivity index (χ0n) is 6.68. The molecule has 0 aliphatic rings. The number of carboxylic acid groups (broad SMARTS) is 1. The van der Waals surface area contributed by atoms with Crippen molar-refractivity contribution in [1.29, 1.82) is 0 Å². The number of carbonyl (C=O) groups excluding carboxylic acids is 1. The summed E-state index contributed by atoms with van der Waals surface area (Å²) in [6.45, 7) is 1.81. The Morgan fingerprint density at radius 2 is 2.31 bits per heavy atom. The molecule has 0 saturated heterocycles. The third-order valence-corrected chi connectivity index (χ3v) is 2.61. The molecule has 0 saturated carbocycles. The monoisotopic (exact) mass is 218 g/mol. The van der Waals surface area contributed by atoms with Crippen LogP contribution in [0.25, 0.3) is 0 Å². The maximum Gasteiger partial charge on any atom is 0.350 e. The van der Waals surface area contributed by atoms with Gasteiger partial charge < -0.3 is 5.11 Å². The van der Waals surface area contributed by atoms with Crippen molar-refractivity contribution in [3.8, 4) is 0 Å². The van der Waals surface area contributed by atoms with E-state index in [-0.39, 0.29) is 15.7 Å². The van der Waals surface area contributed by atoms with Gasteiger partial charge >= 0.3 is 5.97 Å². The van der Waals surface area contributed by atoms with Crippen molar-refractivity contribution < 1.29 is 14.7 Å². The highest BCUT2D eigenvalue weighted by Gasteiger charge is 2.21. The van der Waals surface area contributed by atoms with E-state index < -0.39 is 5.97 Å². The molecule has 0 spiro atoms. The Balaban J connectivity index is 2.93. The number of rotatable bonds is 3. The van der Waals surface area contributed by atoms with Gasteiger partial charge in [0.25, 0.3) is 0 Å². The van der Waals surface area contributed by atoms with Gasteiger partial charge in [-0.25, -0.2) is 4.79 Å². The van der Waals surface area contributed by atoms with E-state index in [0.717, 1.165) is 23.3 Å². The van der Waals surface area contributed by atoms with Crippen LogP contribution in [0.15, 0.2) is 0 Å². The highest BCUT2D eigenvalue weighted by Crippen LogP contribution is 2.16. The van der Waals surface area contributed by atoms with Gasteiger partial charge in [-0.2, -0.15) is 0 Å². The second-order valence-electron chi connectivity index (χ2n) is 1.98. The molecule has 1 aromatic rings. The zero-order valence-corrected chi connectivity index (χ0v) is 8.31. The summed E-state index contributed by atoms with van der Waals surface area (Å²) < 4.78 is 3.42. The van der Waals surface area contributed by atoms with Gasteiger partial charge in [0.05, 0.1) is 0 Å². The molecule has 1 rings (SSSR count). The largest absolute Gasteiger partial charge is 0.477 e. The third kappa shape index (κ3) is 2.25. The zero-order chi connectivity index (χ0) is 9.84. The van der Waals surface area contributed by atoms with Crippen molar-refractivity contribution in [2.24, 2.45) is 0 Å². The molecule has 5 nitrogen and oxygen atoms in total. The van der Waals surface area contributed by atoms with Crippen molar-refractivity contribution in [3.63, 3.8) is 0 Å². The summed E-state index contributed by atoms with van der Waals surface area (Å²) in [5.41, 5.74) is -0.0515. The summed E-state index contributed by atoms with van der Waals surface area (Å²) >= 11 is 1.74. The number of carbonyl (C=O) groups is 2. The number of hydrogen-bond donors (Lipinski definition) is 1. The molecule has 1 heterocycles. The van der Waals surface area contributed by atoms with Crippen molar-refractivity contribution in [2.45, 2.75) is 6.92 Å². The lowest BCUT2D eigenvalue weighted by molar-refractivity contribution is 0.0698. The summed E-state index contributed by atoms with van der Waals surface area (Å²) in [6.07, 6.45) is 0.